The van der Waals surface area contributed by atoms with Gasteiger partial charge < -0.3 is 19.2 Å². The molecule has 0 spiro atoms. The van der Waals surface area contributed by atoms with Crippen LogP contribution in [0.1, 0.15) is 17.4 Å². The van der Waals surface area contributed by atoms with Crippen molar-refractivity contribution in [2.75, 3.05) is 13.4 Å². The van der Waals surface area contributed by atoms with E-state index in [1.165, 1.54) is 0 Å². The highest BCUT2D eigenvalue weighted by Gasteiger charge is 2.21. The lowest BCUT2D eigenvalue weighted by molar-refractivity contribution is 0.0519. The molecule has 0 radical (unpaired) electrons. The van der Waals surface area contributed by atoms with Crippen LogP contribution < -0.4 is 9.47 Å². The summed E-state index contributed by atoms with van der Waals surface area (Å²) in [4.78, 5) is 14.8. The molecule has 2 heterocycles. The molecule has 1 aromatic carbocycles. The van der Waals surface area contributed by atoms with E-state index in [4.69, 9.17) is 14.2 Å². The van der Waals surface area contributed by atoms with Crippen LogP contribution in [-0.4, -0.2) is 24.4 Å². The average molecular weight is 312 g/mol. The van der Waals surface area contributed by atoms with Crippen molar-refractivity contribution in [2.45, 2.75) is 6.92 Å². The van der Waals surface area contributed by atoms with Gasteiger partial charge in [-0.15, -0.1) is 0 Å². The maximum absolute atomic E-state index is 11.7. The fraction of sp³-hybridized carbons (Fsp3) is 0.250. The SMILES string of the molecule is CCOC(=O)c1[nH]c2cc3c(cc2c1Br)OCO3. The van der Waals surface area contributed by atoms with Gasteiger partial charge in [-0.25, -0.2) is 4.79 Å². The van der Waals surface area contributed by atoms with Gasteiger partial charge in [0.1, 0.15) is 5.69 Å². The number of aromatic amines is 1. The largest absolute Gasteiger partial charge is 0.461 e. The first kappa shape index (κ1) is 11.4. The van der Waals surface area contributed by atoms with Crippen LogP contribution in [0.4, 0.5) is 0 Å². The fourth-order valence-electron chi connectivity index (χ4n) is 1.90. The highest BCUT2D eigenvalue weighted by atomic mass is 79.9. The molecule has 94 valence electrons. The van der Waals surface area contributed by atoms with E-state index >= 15 is 0 Å². The van der Waals surface area contributed by atoms with Gasteiger partial charge in [-0.05, 0) is 28.9 Å². The van der Waals surface area contributed by atoms with E-state index in [0.717, 1.165) is 10.9 Å². The van der Waals surface area contributed by atoms with E-state index in [1.54, 1.807) is 6.92 Å². The molecule has 3 rings (SSSR count). The first-order chi connectivity index (χ1) is 8.70. The third kappa shape index (κ3) is 1.64. The number of rotatable bonds is 2. The number of carbonyl (C=O) groups is 1. The molecule has 0 amide bonds. The normalized spacial score (nSPS) is 13.0. The Balaban J connectivity index is 2.14. The maximum atomic E-state index is 11.7. The number of halogens is 1. The minimum Gasteiger partial charge on any atom is -0.461 e. The third-order valence-corrected chi connectivity index (χ3v) is 3.53. The molecular formula is C12H10BrNO4. The summed E-state index contributed by atoms with van der Waals surface area (Å²) in [6.45, 7) is 2.33. The lowest BCUT2D eigenvalue weighted by Gasteiger charge is -1.98. The summed E-state index contributed by atoms with van der Waals surface area (Å²) in [5.41, 5.74) is 1.20. The van der Waals surface area contributed by atoms with Crippen molar-refractivity contribution in [3.05, 3.63) is 22.3 Å². The molecule has 1 N–H and O–H groups in total. The van der Waals surface area contributed by atoms with Crippen LogP contribution in [0.3, 0.4) is 0 Å². The summed E-state index contributed by atoms with van der Waals surface area (Å²) in [5.74, 6) is 0.965. The molecule has 0 fully saturated rings. The van der Waals surface area contributed by atoms with Gasteiger partial charge in [-0.2, -0.15) is 0 Å². The third-order valence-electron chi connectivity index (χ3n) is 2.71. The maximum Gasteiger partial charge on any atom is 0.355 e. The number of nitrogens with one attached hydrogen (secondary N) is 1. The lowest BCUT2D eigenvalue weighted by Crippen LogP contribution is -2.05. The van der Waals surface area contributed by atoms with Gasteiger partial charge in [0.15, 0.2) is 11.5 Å². The Morgan fingerprint density at radius 3 is 2.89 bits per heavy atom. The van der Waals surface area contributed by atoms with E-state index in [-0.39, 0.29) is 12.8 Å². The van der Waals surface area contributed by atoms with Crippen molar-refractivity contribution in [2.24, 2.45) is 0 Å². The fourth-order valence-corrected chi connectivity index (χ4v) is 2.48. The van der Waals surface area contributed by atoms with Crippen LogP contribution in [0, 0.1) is 0 Å². The number of aromatic nitrogens is 1. The molecular weight excluding hydrogens is 302 g/mol. The number of fused-ring (bicyclic) bond motifs is 2. The van der Waals surface area contributed by atoms with E-state index in [0.29, 0.717) is 28.3 Å². The highest BCUT2D eigenvalue weighted by molar-refractivity contribution is 9.10. The molecule has 0 unspecified atom stereocenters. The monoisotopic (exact) mass is 311 g/mol. The second kappa shape index (κ2) is 4.20. The van der Waals surface area contributed by atoms with E-state index in [1.807, 2.05) is 12.1 Å². The van der Waals surface area contributed by atoms with Crippen LogP contribution in [-0.2, 0) is 4.74 Å². The van der Waals surface area contributed by atoms with Crippen LogP contribution in [0.15, 0.2) is 16.6 Å². The number of benzene rings is 1. The van der Waals surface area contributed by atoms with Crippen LogP contribution in [0.25, 0.3) is 10.9 Å². The molecule has 0 saturated carbocycles. The zero-order valence-electron chi connectivity index (χ0n) is 9.58. The smallest absolute Gasteiger partial charge is 0.355 e. The van der Waals surface area contributed by atoms with Crippen molar-refractivity contribution in [1.29, 1.82) is 0 Å². The Bertz CT molecular complexity index is 635. The van der Waals surface area contributed by atoms with Gasteiger partial charge in [-0.3, -0.25) is 0 Å². The molecule has 2 aromatic rings. The Labute approximate surface area is 111 Å². The second-order valence-corrected chi connectivity index (χ2v) is 4.58. The van der Waals surface area contributed by atoms with Gasteiger partial charge in [0.05, 0.1) is 16.6 Å². The quantitative estimate of drug-likeness (QED) is 0.866. The first-order valence-corrected chi connectivity index (χ1v) is 6.28. The van der Waals surface area contributed by atoms with Crippen molar-refractivity contribution in [3.8, 4) is 11.5 Å². The van der Waals surface area contributed by atoms with E-state index in [9.17, 15) is 4.79 Å². The Kier molecular flexibility index (Phi) is 2.66. The van der Waals surface area contributed by atoms with Crippen molar-refractivity contribution in [1.82, 2.24) is 4.98 Å². The zero-order chi connectivity index (χ0) is 12.7. The standard InChI is InChI=1S/C12H10BrNO4/c1-2-16-12(15)11-10(13)6-3-8-9(18-5-17-8)4-7(6)14-11/h3-4,14H,2,5H2,1H3. The summed E-state index contributed by atoms with van der Waals surface area (Å²) < 4.78 is 16.2. The summed E-state index contributed by atoms with van der Waals surface area (Å²) in [6, 6.07) is 3.64. The molecule has 0 atom stereocenters. The van der Waals surface area contributed by atoms with Crippen LogP contribution in [0.2, 0.25) is 0 Å². The number of hydrogen-bond acceptors (Lipinski definition) is 4. The molecule has 5 nitrogen and oxygen atoms in total. The molecule has 6 heteroatoms. The second-order valence-electron chi connectivity index (χ2n) is 3.79. The van der Waals surface area contributed by atoms with E-state index in [2.05, 4.69) is 20.9 Å². The Morgan fingerprint density at radius 1 is 1.44 bits per heavy atom. The Morgan fingerprint density at radius 2 is 2.17 bits per heavy atom. The zero-order valence-corrected chi connectivity index (χ0v) is 11.2. The number of H-pyrrole nitrogens is 1. The average Bonchev–Trinajstić information content (AvgIpc) is 2.92. The van der Waals surface area contributed by atoms with Gasteiger partial charge in [0.2, 0.25) is 6.79 Å². The minimum atomic E-state index is -0.387. The van der Waals surface area contributed by atoms with Crippen molar-refractivity contribution in [3.63, 3.8) is 0 Å². The summed E-state index contributed by atoms with van der Waals surface area (Å²) >= 11 is 3.40. The molecule has 1 aliphatic heterocycles. The van der Waals surface area contributed by atoms with Gasteiger partial charge in [0, 0.05) is 11.5 Å². The number of hydrogen-bond donors (Lipinski definition) is 1. The molecule has 1 aliphatic rings. The predicted molar refractivity (Wildman–Crippen MR) is 68.1 cm³/mol. The van der Waals surface area contributed by atoms with Gasteiger partial charge in [0.25, 0.3) is 0 Å². The predicted octanol–water partition coefficient (Wildman–Crippen LogP) is 2.84. The summed E-state index contributed by atoms with van der Waals surface area (Å²) in [7, 11) is 0. The summed E-state index contributed by atoms with van der Waals surface area (Å²) in [6.07, 6.45) is 0. The number of ether oxygens (including phenoxy) is 3. The van der Waals surface area contributed by atoms with Gasteiger partial charge in [-0.1, -0.05) is 0 Å². The molecule has 0 saturated heterocycles. The number of carbonyl (C=O) groups excluding carboxylic acids is 1. The topological polar surface area (TPSA) is 60.6 Å². The van der Waals surface area contributed by atoms with Crippen LogP contribution in [0.5, 0.6) is 11.5 Å². The van der Waals surface area contributed by atoms with E-state index < -0.39 is 0 Å². The first-order valence-electron chi connectivity index (χ1n) is 5.48. The lowest BCUT2D eigenvalue weighted by atomic mass is 10.2. The van der Waals surface area contributed by atoms with Crippen molar-refractivity contribution >= 4 is 32.8 Å². The molecule has 18 heavy (non-hydrogen) atoms. The minimum absolute atomic E-state index is 0.226. The van der Waals surface area contributed by atoms with Gasteiger partial charge >= 0.3 is 5.97 Å². The van der Waals surface area contributed by atoms with Crippen molar-refractivity contribution < 1.29 is 19.0 Å². The molecule has 0 bridgehead atoms. The highest BCUT2D eigenvalue weighted by Crippen LogP contribution is 2.39. The Hall–Kier alpha value is -1.69. The summed E-state index contributed by atoms with van der Waals surface area (Å²) in [5, 5.41) is 0.863. The van der Waals surface area contributed by atoms with Crippen LogP contribution >= 0.6 is 15.9 Å². The molecule has 1 aromatic heterocycles. The number of esters is 1. The molecule has 0 aliphatic carbocycles.